The van der Waals surface area contributed by atoms with E-state index in [4.69, 9.17) is 8.98 Å². The van der Waals surface area contributed by atoms with Gasteiger partial charge in [0.15, 0.2) is 0 Å². The Kier molecular flexibility index (Phi) is 11.4. The van der Waals surface area contributed by atoms with Gasteiger partial charge in [0.1, 0.15) is 0 Å². The van der Waals surface area contributed by atoms with Gasteiger partial charge < -0.3 is 0 Å². The Bertz CT molecular complexity index is 57.8. The molecule has 0 bridgehead atoms. The fourth-order valence-electron chi connectivity index (χ4n) is 0.642. The first kappa shape index (κ1) is 11.2. The standard InChI is InChI=1S/2C5H5.ClH.Zr.H/c2*1-2-4-5-3-1;;;/h2*1-5H;1H;;/q;;;+1;/p-1/i;;;;1+1. The largest absolute Gasteiger partial charge is 0.0312 e. The predicted octanol–water partition coefficient (Wildman–Crippen LogP) is 2.46. The Morgan fingerprint density at radius 1 is 0.667 bits per heavy atom. The minimum atomic E-state index is -1.05. The fraction of sp³-hybridized carbons (Fsp3) is 0. The monoisotopic (exact) mass is 257 g/mol. The first-order valence-corrected chi connectivity index (χ1v) is 6.69. The molecule has 0 aromatic carbocycles. The van der Waals surface area contributed by atoms with Crippen LogP contribution in [-0.2, 0) is 23.3 Å². The number of halogens is 1. The van der Waals surface area contributed by atoms with Crippen molar-refractivity contribution in [1.82, 2.24) is 0 Å². The van der Waals surface area contributed by atoms with Gasteiger partial charge in [0, 0.05) is 0 Å². The molecule has 2 saturated carbocycles. The third kappa shape index (κ3) is 9.26. The van der Waals surface area contributed by atoms with E-state index in [1.54, 1.807) is 0 Å². The van der Waals surface area contributed by atoms with Crippen LogP contribution in [0.2, 0.25) is 0 Å². The van der Waals surface area contributed by atoms with Gasteiger partial charge in [0.2, 0.25) is 0 Å². The summed E-state index contributed by atoms with van der Waals surface area (Å²) in [4.78, 5) is 0. The van der Waals surface area contributed by atoms with Crippen LogP contribution in [0.15, 0.2) is 0 Å². The second kappa shape index (κ2) is 12.2. The van der Waals surface area contributed by atoms with Gasteiger partial charge >= 0.3 is 32.3 Å². The molecule has 62 valence electrons. The Balaban J connectivity index is 0.000000174. The van der Waals surface area contributed by atoms with Crippen molar-refractivity contribution in [2.24, 2.45) is 0 Å². The van der Waals surface area contributed by atoms with Crippen molar-refractivity contribution in [3.8, 4) is 0 Å². The Labute approximate surface area is 96.2 Å². The van der Waals surface area contributed by atoms with Gasteiger partial charge in [0.25, 0.3) is 0 Å². The van der Waals surface area contributed by atoms with E-state index in [0.717, 1.165) is 0 Å². The van der Waals surface area contributed by atoms with E-state index in [1.165, 1.54) is 0 Å². The van der Waals surface area contributed by atoms with Crippen molar-refractivity contribution < 1.29 is 23.3 Å². The summed E-state index contributed by atoms with van der Waals surface area (Å²) >= 11 is -1.05. The van der Waals surface area contributed by atoms with Gasteiger partial charge in [-0.05, 0) is 64.2 Å². The van der Waals surface area contributed by atoms with Gasteiger partial charge in [-0.3, -0.25) is 0 Å². The van der Waals surface area contributed by atoms with E-state index in [-0.39, 0.29) is 0 Å². The summed E-state index contributed by atoms with van der Waals surface area (Å²) in [7, 11) is 4.84. The van der Waals surface area contributed by atoms with E-state index in [9.17, 15) is 0 Å². The van der Waals surface area contributed by atoms with Crippen LogP contribution in [0.5, 0.6) is 0 Å². The molecule has 0 nitrogen and oxygen atoms in total. The molecule has 12 heavy (non-hydrogen) atoms. The number of hydrogen-bond donors (Lipinski definition) is 0. The van der Waals surface area contributed by atoms with Crippen molar-refractivity contribution in [1.29, 1.82) is 0.471 Å². The van der Waals surface area contributed by atoms with Crippen LogP contribution in [0, 0.1) is 64.2 Å². The van der Waals surface area contributed by atoms with E-state index >= 15 is 0 Å². The minimum absolute atomic E-state index is 1.05. The zero-order chi connectivity index (χ0) is 9.78. The maximum Gasteiger partial charge on any atom is -0.0312 e. The molecule has 2 aliphatic carbocycles. The van der Waals surface area contributed by atoms with Gasteiger partial charge in [-0.15, -0.1) is 0 Å². The zero-order valence-corrected chi connectivity index (χ0v) is 9.87. The summed E-state index contributed by atoms with van der Waals surface area (Å²) in [6.07, 6.45) is 20.0. The van der Waals surface area contributed by atoms with Crippen molar-refractivity contribution in [2.45, 2.75) is 0 Å². The van der Waals surface area contributed by atoms with Gasteiger partial charge in [-0.2, -0.15) is 0 Å². The molecule has 0 N–H and O–H groups in total. The molecule has 2 heteroatoms. The molecular formula is C10H11ClZr. The van der Waals surface area contributed by atoms with Crippen LogP contribution in [0.3, 0.4) is 0 Å². The van der Waals surface area contributed by atoms with Crippen LogP contribution < -0.4 is 0 Å². The van der Waals surface area contributed by atoms with Crippen molar-refractivity contribution >= 4 is 8.51 Å². The molecule has 0 aromatic heterocycles. The number of hydrogen-bond acceptors (Lipinski definition) is 0. The van der Waals surface area contributed by atoms with Gasteiger partial charge in [-0.25, -0.2) is 0 Å². The first-order valence-electron chi connectivity index (χ1n) is 4.02. The topological polar surface area (TPSA) is 0 Å². The van der Waals surface area contributed by atoms with E-state index < -0.39 is 23.3 Å². The zero-order valence-electron chi connectivity index (χ0n) is 7.65. The first-order chi connectivity index (χ1) is 6.41. The maximum absolute atomic E-state index is 6.14. The molecular weight excluding hydrogens is 247 g/mol. The molecule has 0 unspecified atom stereocenters. The Hall–Kier alpha value is 1.17. The van der Waals surface area contributed by atoms with Crippen LogP contribution in [0.25, 0.3) is 0 Å². The van der Waals surface area contributed by atoms with Crippen LogP contribution >= 0.6 is 8.51 Å². The summed E-state index contributed by atoms with van der Waals surface area (Å²) in [6, 6.07) is 0. The summed E-state index contributed by atoms with van der Waals surface area (Å²) in [5, 5.41) is 0. The smallest absolute Gasteiger partial charge is 0.0312 e. The van der Waals surface area contributed by atoms with E-state index in [2.05, 4.69) is 0 Å². The summed E-state index contributed by atoms with van der Waals surface area (Å²) in [5.41, 5.74) is 0. The molecule has 0 heterocycles. The fourth-order valence-corrected chi connectivity index (χ4v) is 0.642. The molecule has 2 fully saturated rings. The summed E-state index contributed by atoms with van der Waals surface area (Å²) in [6.45, 7) is 0. The molecule has 0 spiro atoms. The van der Waals surface area contributed by atoms with Crippen LogP contribution in [0.1, 0.15) is 0 Å². The molecule has 0 atom stereocenters. The second-order valence-corrected chi connectivity index (χ2v) is 1.92. The Morgan fingerprint density at radius 2 is 0.750 bits per heavy atom. The molecule has 0 aromatic rings. The predicted molar refractivity (Wildman–Crippen MR) is 50.2 cm³/mol. The van der Waals surface area contributed by atoms with E-state index in [1.807, 2.05) is 64.2 Å². The SMILES string of the molecule is [2H][Zr][Cl].[CH]1[CH][CH][CH][CH]1.[CH]1[CH][CH][CH][CH]1. The third-order valence-corrected chi connectivity index (χ3v) is 1.11. The minimum Gasteiger partial charge on any atom is -0.0312 e. The van der Waals surface area contributed by atoms with Gasteiger partial charge in [-0.1, -0.05) is 0 Å². The van der Waals surface area contributed by atoms with Gasteiger partial charge in [0.05, 0.1) is 0 Å². The quantitative estimate of drug-likeness (QED) is 0.626. The molecule has 2 aliphatic rings. The third-order valence-electron chi connectivity index (χ3n) is 1.11. The average molecular weight is 259 g/mol. The number of rotatable bonds is 0. The second-order valence-electron chi connectivity index (χ2n) is 1.92. The van der Waals surface area contributed by atoms with Crippen molar-refractivity contribution in [3.63, 3.8) is 0 Å². The maximum atomic E-state index is 6.14. The van der Waals surface area contributed by atoms with Crippen LogP contribution in [-0.4, -0.2) is 0.471 Å². The summed E-state index contributed by atoms with van der Waals surface area (Å²) < 4.78 is 6.14. The van der Waals surface area contributed by atoms with Crippen LogP contribution in [0.4, 0.5) is 0 Å². The average Bonchev–Trinajstić information content (AvgIpc) is 2.85. The molecule has 0 amide bonds. The normalized spacial score (nSPS) is 21.2. The molecule has 10 radical (unpaired) electrons. The molecule has 0 aliphatic heterocycles. The van der Waals surface area contributed by atoms with E-state index in [0.29, 0.717) is 0 Å². The Morgan fingerprint density at radius 3 is 0.833 bits per heavy atom. The molecule has 2 rings (SSSR count). The van der Waals surface area contributed by atoms with Crippen molar-refractivity contribution in [3.05, 3.63) is 64.2 Å². The summed E-state index contributed by atoms with van der Waals surface area (Å²) in [5.74, 6) is 0. The van der Waals surface area contributed by atoms with Crippen molar-refractivity contribution in [2.75, 3.05) is 0 Å². The molecule has 0 saturated heterocycles.